The van der Waals surface area contributed by atoms with E-state index >= 15 is 0 Å². The summed E-state index contributed by atoms with van der Waals surface area (Å²) in [6, 6.07) is 3.69. The van der Waals surface area contributed by atoms with Crippen LogP contribution in [0.5, 0.6) is 0 Å². The third kappa shape index (κ3) is 15.4. The molecule has 0 atom stereocenters. The molecule has 0 aliphatic heterocycles. The summed E-state index contributed by atoms with van der Waals surface area (Å²) in [6.07, 6.45) is 1.54. The van der Waals surface area contributed by atoms with E-state index in [9.17, 15) is 9.59 Å². The molecule has 0 fully saturated rings. The highest BCUT2D eigenvalue weighted by molar-refractivity contribution is 5.86. The molecule has 19 heavy (non-hydrogen) atoms. The predicted molar refractivity (Wildman–Crippen MR) is 67.4 cm³/mol. The molecule has 0 aliphatic carbocycles. The van der Waals surface area contributed by atoms with Gasteiger partial charge < -0.3 is 9.47 Å². The third-order valence-corrected chi connectivity index (χ3v) is 1.42. The Bertz CT molecular complexity index is 402. The van der Waals surface area contributed by atoms with E-state index in [1.807, 2.05) is 12.1 Å². The summed E-state index contributed by atoms with van der Waals surface area (Å²) in [7, 11) is 0. The number of nitrogens with zero attached hydrogens (tertiary/aromatic N) is 2. The predicted octanol–water partition coefficient (Wildman–Crippen LogP) is 1.65. The molecule has 0 aromatic rings. The first-order valence-corrected chi connectivity index (χ1v) is 5.35. The summed E-state index contributed by atoms with van der Waals surface area (Å²) in [5.74, 6) is -0.916. The fourth-order valence-corrected chi connectivity index (χ4v) is 0.569. The molecule has 0 radical (unpaired) electrons. The molecule has 0 saturated heterocycles. The van der Waals surface area contributed by atoms with Crippen LogP contribution in [0, 0.1) is 22.7 Å². The van der Waals surface area contributed by atoms with Crippen molar-refractivity contribution < 1.29 is 19.1 Å². The Labute approximate surface area is 112 Å². The highest BCUT2D eigenvalue weighted by Crippen LogP contribution is 1.92. The smallest absolute Gasteiger partial charge is 0.333 e. The van der Waals surface area contributed by atoms with Gasteiger partial charge in [-0.25, -0.2) is 9.59 Å². The molecule has 0 saturated carbocycles. The molecule has 0 N–H and O–H groups in total. The van der Waals surface area contributed by atoms with Gasteiger partial charge in [-0.05, 0) is 6.92 Å². The Kier molecular flexibility index (Phi) is 13.3. The number of hydrogen-bond donors (Lipinski definition) is 0. The minimum absolute atomic E-state index is 0.154. The number of esters is 2. The Morgan fingerprint density at radius 2 is 1.63 bits per heavy atom. The van der Waals surface area contributed by atoms with E-state index in [-0.39, 0.29) is 26.1 Å². The van der Waals surface area contributed by atoms with Crippen LogP contribution in [0.4, 0.5) is 0 Å². The zero-order valence-electron chi connectivity index (χ0n) is 10.8. The number of carbonyl (C=O) groups excluding carboxylic acids is 2. The molecule has 6 nitrogen and oxygen atoms in total. The van der Waals surface area contributed by atoms with Crippen molar-refractivity contribution in [2.75, 3.05) is 13.2 Å². The molecule has 0 aliphatic rings. The zero-order valence-corrected chi connectivity index (χ0v) is 10.8. The molecule has 0 aromatic heterocycles. The maximum atomic E-state index is 10.6. The van der Waals surface area contributed by atoms with E-state index in [1.54, 1.807) is 6.92 Å². The van der Waals surface area contributed by atoms with E-state index < -0.39 is 11.9 Å². The Morgan fingerprint density at radius 1 is 1.16 bits per heavy atom. The maximum absolute atomic E-state index is 10.6. The molecule has 0 bridgehead atoms. The minimum atomic E-state index is -0.481. The number of hydrogen-bond acceptors (Lipinski definition) is 6. The topological polar surface area (TPSA) is 100 Å². The normalized spacial score (nSPS) is 7.74. The third-order valence-electron chi connectivity index (χ3n) is 1.42. The molecule has 0 rings (SSSR count). The van der Waals surface area contributed by atoms with Crippen molar-refractivity contribution in [3.05, 3.63) is 24.8 Å². The fraction of sp³-hybridized carbons (Fsp3) is 0.385. The molecule has 0 amide bonds. The average Bonchev–Trinajstić information content (AvgIpc) is 2.39. The Hall–Kier alpha value is -2.60. The number of rotatable bonds is 6. The molecule has 0 unspecified atom stereocenters. The lowest BCUT2D eigenvalue weighted by molar-refractivity contribution is -0.139. The summed E-state index contributed by atoms with van der Waals surface area (Å²) in [5, 5.41) is 16.0. The summed E-state index contributed by atoms with van der Waals surface area (Å²) >= 11 is 0. The maximum Gasteiger partial charge on any atom is 0.333 e. The van der Waals surface area contributed by atoms with Gasteiger partial charge in [-0.1, -0.05) is 13.2 Å². The second-order valence-corrected chi connectivity index (χ2v) is 3.10. The quantitative estimate of drug-likeness (QED) is 0.410. The monoisotopic (exact) mass is 264 g/mol. The van der Waals surface area contributed by atoms with Gasteiger partial charge in [0, 0.05) is 11.6 Å². The molecule has 0 aromatic carbocycles. The molecule has 6 heteroatoms. The van der Waals surface area contributed by atoms with Crippen molar-refractivity contribution in [1.82, 2.24) is 0 Å². The van der Waals surface area contributed by atoms with Gasteiger partial charge in [0.2, 0.25) is 0 Å². The van der Waals surface area contributed by atoms with Gasteiger partial charge in [-0.2, -0.15) is 10.5 Å². The zero-order chi connectivity index (χ0) is 15.1. The van der Waals surface area contributed by atoms with Crippen LogP contribution in [0.25, 0.3) is 0 Å². The lowest BCUT2D eigenvalue weighted by Gasteiger charge is -1.98. The van der Waals surface area contributed by atoms with E-state index in [2.05, 4.69) is 22.6 Å². The lowest BCUT2D eigenvalue weighted by atomic mass is 10.4. The summed E-state index contributed by atoms with van der Waals surface area (Å²) in [4.78, 5) is 20.8. The highest BCUT2D eigenvalue weighted by atomic mass is 16.5. The number of ether oxygens (including phenoxy) is 2. The first kappa shape index (κ1) is 18.8. The van der Waals surface area contributed by atoms with Crippen LogP contribution in [0.1, 0.15) is 19.8 Å². The van der Waals surface area contributed by atoms with Crippen LogP contribution in [0.2, 0.25) is 0 Å². The van der Waals surface area contributed by atoms with E-state index in [0.29, 0.717) is 5.57 Å². The second kappa shape index (κ2) is 13.5. The minimum Gasteiger partial charge on any atom is -0.461 e. The molecular formula is C13H16N2O4. The van der Waals surface area contributed by atoms with Crippen molar-refractivity contribution in [1.29, 1.82) is 10.5 Å². The number of nitriles is 2. The number of carbonyl (C=O) groups is 2. The van der Waals surface area contributed by atoms with Crippen LogP contribution in [-0.4, -0.2) is 25.2 Å². The SMILES string of the molecule is C=C(C)C(=O)OCCC#N.C=CC(=O)OCCC#N. The van der Waals surface area contributed by atoms with Gasteiger partial charge in [0.15, 0.2) is 0 Å². The van der Waals surface area contributed by atoms with Crippen LogP contribution in [0.3, 0.4) is 0 Å². The average molecular weight is 264 g/mol. The largest absolute Gasteiger partial charge is 0.461 e. The summed E-state index contributed by atoms with van der Waals surface area (Å²) < 4.78 is 9.03. The van der Waals surface area contributed by atoms with Crippen molar-refractivity contribution in [3.63, 3.8) is 0 Å². The second-order valence-electron chi connectivity index (χ2n) is 3.10. The van der Waals surface area contributed by atoms with Crippen molar-refractivity contribution in [2.24, 2.45) is 0 Å². The van der Waals surface area contributed by atoms with Crippen LogP contribution in [-0.2, 0) is 19.1 Å². The molecule has 102 valence electrons. The van der Waals surface area contributed by atoms with Gasteiger partial charge in [0.1, 0.15) is 13.2 Å². The van der Waals surface area contributed by atoms with Crippen molar-refractivity contribution in [3.8, 4) is 12.1 Å². The van der Waals surface area contributed by atoms with Gasteiger partial charge in [-0.3, -0.25) is 0 Å². The standard InChI is InChI=1S/C7H9NO2.C6H7NO2/c1-6(2)7(9)10-5-3-4-8;1-2-6(8)9-5-3-4-7/h1,3,5H2,2H3;2H,1,3,5H2. The first-order chi connectivity index (χ1) is 8.99. The van der Waals surface area contributed by atoms with E-state index in [1.165, 1.54) is 0 Å². The summed E-state index contributed by atoms with van der Waals surface area (Å²) in [5.41, 5.74) is 0.359. The van der Waals surface area contributed by atoms with E-state index in [0.717, 1.165) is 6.08 Å². The van der Waals surface area contributed by atoms with Crippen LogP contribution >= 0.6 is 0 Å². The molecule has 0 heterocycles. The van der Waals surface area contributed by atoms with Crippen LogP contribution < -0.4 is 0 Å². The van der Waals surface area contributed by atoms with Crippen LogP contribution in [0.15, 0.2) is 24.8 Å². The Balaban J connectivity index is 0. The molecular weight excluding hydrogens is 248 g/mol. The van der Waals surface area contributed by atoms with Crippen molar-refractivity contribution in [2.45, 2.75) is 19.8 Å². The van der Waals surface area contributed by atoms with E-state index in [4.69, 9.17) is 10.5 Å². The van der Waals surface area contributed by atoms with Gasteiger partial charge >= 0.3 is 11.9 Å². The van der Waals surface area contributed by atoms with Gasteiger partial charge in [0.05, 0.1) is 25.0 Å². The van der Waals surface area contributed by atoms with Gasteiger partial charge in [0.25, 0.3) is 0 Å². The summed E-state index contributed by atoms with van der Waals surface area (Å²) in [6.45, 7) is 8.43. The van der Waals surface area contributed by atoms with Crippen molar-refractivity contribution >= 4 is 11.9 Å². The fourth-order valence-electron chi connectivity index (χ4n) is 0.569. The Morgan fingerprint density at radius 3 is 2.00 bits per heavy atom. The molecule has 0 spiro atoms. The lowest BCUT2D eigenvalue weighted by Crippen LogP contribution is -2.05. The van der Waals surface area contributed by atoms with Gasteiger partial charge in [-0.15, -0.1) is 0 Å². The first-order valence-electron chi connectivity index (χ1n) is 5.35. The highest BCUT2D eigenvalue weighted by Gasteiger charge is 2.00.